The number of thioether (sulfide) groups is 1. The first-order chi connectivity index (χ1) is 11.3. The van der Waals surface area contributed by atoms with Crippen LogP contribution in [-0.4, -0.2) is 43.4 Å². The molecular formula is C16H25N5OS. The zero-order valence-electron chi connectivity index (χ0n) is 13.9. The van der Waals surface area contributed by atoms with Crippen LogP contribution in [0.4, 0.5) is 0 Å². The number of aromatic nitrogens is 4. The van der Waals surface area contributed by atoms with Gasteiger partial charge in [-0.1, -0.05) is 11.6 Å². The normalized spacial score (nSPS) is 19.3. The van der Waals surface area contributed by atoms with Crippen LogP contribution in [0.15, 0.2) is 16.9 Å². The molecule has 0 saturated carbocycles. The fourth-order valence-electron chi connectivity index (χ4n) is 3.24. The van der Waals surface area contributed by atoms with Gasteiger partial charge in [0.15, 0.2) is 5.82 Å². The molecule has 7 heteroatoms. The van der Waals surface area contributed by atoms with Gasteiger partial charge >= 0.3 is 0 Å². The van der Waals surface area contributed by atoms with Gasteiger partial charge in [0, 0.05) is 31.9 Å². The Balaban J connectivity index is 1.58. The SMILES string of the molecule is CSCc1noc(CN2CCCC[C@H]2CCc2nccn2C)n1. The Morgan fingerprint density at radius 3 is 3.09 bits per heavy atom. The average Bonchev–Trinajstić information content (AvgIpc) is 3.16. The highest BCUT2D eigenvalue weighted by Crippen LogP contribution is 2.23. The van der Waals surface area contributed by atoms with Gasteiger partial charge in [-0.05, 0) is 32.1 Å². The number of hydrogen-bond donors (Lipinski definition) is 0. The molecule has 6 nitrogen and oxygen atoms in total. The van der Waals surface area contributed by atoms with Gasteiger partial charge in [-0.25, -0.2) is 4.98 Å². The zero-order chi connectivity index (χ0) is 16.1. The second-order valence-corrected chi connectivity index (χ2v) is 7.02. The van der Waals surface area contributed by atoms with Gasteiger partial charge in [0.25, 0.3) is 0 Å². The van der Waals surface area contributed by atoms with Crippen molar-refractivity contribution in [2.45, 2.75) is 50.4 Å². The molecule has 0 aliphatic carbocycles. The largest absolute Gasteiger partial charge is 0.338 e. The summed E-state index contributed by atoms with van der Waals surface area (Å²) < 4.78 is 7.52. The predicted octanol–water partition coefficient (Wildman–Crippen LogP) is 2.65. The minimum Gasteiger partial charge on any atom is -0.338 e. The third kappa shape index (κ3) is 4.35. The van der Waals surface area contributed by atoms with E-state index in [2.05, 4.69) is 31.6 Å². The number of hydrogen-bond acceptors (Lipinski definition) is 6. The van der Waals surface area contributed by atoms with E-state index in [1.54, 1.807) is 11.8 Å². The van der Waals surface area contributed by atoms with Crippen molar-refractivity contribution < 1.29 is 4.52 Å². The van der Waals surface area contributed by atoms with Crippen LogP contribution in [0.5, 0.6) is 0 Å². The van der Waals surface area contributed by atoms with E-state index in [1.807, 2.05) is 18.6 Å². The third-order valence-corrected chi connectivity index (χ3v) is 5.04. The maximum absolute atomic E-state index is 5.41. The number of piperidine rings is 1. The van der Waals surface area contributed by atoms with E-state index in [0.29, 0.717) is 6.04 Å². The molecule has 2 aromatic heterocycles. The average molecular weight is 335 g/mol. The Labute approximate surface area is 141 Å². The van der Waals surface area contributed by atoms with E-state index >= 15 is 0 Å². The maximum atomic E-state index is 5.41. The summed E-state index contributed by atoms with van der Waals surface area (Å²) in [5.74, 6) is 3.52. The summed E-state index contributed by atoms with van der Waals surface area (Å²) in [6, 6.07) is 0.580. The van der Waals surface area contributed by atoms with E-state index in [9.17, 15) is 0 Å². The predicted molar refractivity (Wildman–Crippen MR) is 91.1 cm³/mol. The second-order valence-electron chi connectivity index (χ2n) is 6.15. The first kappa shape index (κ1) is 16.5. The molecule has 0 N–H and O–H groups in total. The number of imidazole rings is 1. The summed E-state index contributed by atoms with van der Waals surface area (Å²) in [4.78, 5) is 11.4. The van der Waals surface area contributed by atoms with Gasteiger partial charge in [-0.15, -0.1) is 0 Å². The highest BCUT2D eigenvalue weighted by molar-refractivity contribution is 7.97. The number of aryl methyl sites for hydroxylation is 2. The molecular weight excluding hydrogens is 310 g/mol. The van der Waals surface area contributed by atoms with Crippen LogP contribution in [0, 0.1) is 0 Å². The summed E-state index contributed by atoms with van der Waals surface area (Å²) in [6.07, 6.45) is 11.9. The molecule has 3 heterocycles. The van der Waals surface area contributed by atoms with E-state index in [4.69, 9.17) is 4.52 Å². The monoisotopic (exact) mass is 335 g/mol. The smallest absolute Gasteiger partial charge is 0.240 e. The lowest BCUT2D eigenvalue weighted by Gasteiger charge is -2.34. The van der Waals surface area contributed by atoms with Gasteiger partial charge in [-0.3, -0.25) is 4.90 Å². The molecule has 126 valence electrons. The molecule has 1 saturated heterocycles. The minimum absolute atomic E-state index is 0.580. The minimum atomic E-state index is 0.580. The van der Waals surface area contributed by atoms with Gasteiger partial charge in [0.1, 0.15) is 5.82 Å². The van der Waals surface area contributed by atoms with Crippen LogP contribution >= 0.6 is 11.8 Å². The summed E-state index contributed by atoms with van der Waals surface area (Å²) in [6.45, 7) is 1.89. The van der Waals surface area contributed by atoms with Crippen LogP contribution in [-0.2, 0) is 25.8 Å². The molecule has 0 aromatic carbocycles. The lowest BCUT2D eigenvalue weighted by atomic mass is 9.98. The van der Waals surface area contributed by atoms with E-state index in [-0.39, 0.29) is 0 Å². The van der Waals surface area contributed by atoms with Crippen molar-refractivity contribution in [3.63, 3.8) is 0 Å². The molecule has 0 bridgehead atoms. The van der Waals surface area contributed by atoms with Crippen molar-refractivity contribution in [1.82, 2.24) is 24.6 Å². The van der Waals surface area contributed by atoms with Crippen molar-refractivity contribution in [3.8, 4) is 0 Å². The summed E-state index contributed by atoms with van der Waals surface area (Å²) in [5, 5.41) is 4.05. The van der Waals surface area contributed by atoms with Crippen molar-refractivity contribution in [2.24, 2.45) is 7.05 Å². The van der Waals surface area contributed by atoms with Crippen LogP contribution in [0.25, 0.3) is 0 Å². The van der Waals surface area contributed by atoms with Gasteiger partial charge in [0.05, 0.1) is 12.3 Å². The lowest BCUT2D eigenvalue weighted by Crippen LogP contribution is -2.39. The molecule has 0 spiro atoms. The van der Waals surface area contributed by atoms with Crippen molar-refractivity contribution in [1.29, 1.82) is 0 Å². The summed E-state index contributed by atoms with van der Waals surface area (Å²) in [5.41, 5.74) is 0. The maximum Gasteiger partial charge on any atom is 0.240 e. The molecule has 3 rings (SSSR count). The van der Waals surface area contributed by atoms with Crippen molar-refractivity contribution >= 4 is 11.8 Å². The molecule has 1 atom stereocenters. The molecule has 1 fully saturated rings. The van der Waals surface area contributed by atoms with Gasteiger partial charge in [0.2, 0.25) is 5.89 Å². The fraction of sp³-hybridized carbons (Fsp3) is 0.688. The molecule has 0 amide bonds. The standard InChI is InChI=1S/C16H25N5OS/c1-20-10-8-17-15(20)7-6-13-5-3-4-9-21(13)11-16-18-14(12-23-2)19-22-16/h8,10,13H,3-7,9,11-12H2,1-2H3/t13-/m0/s1. The third-order valence-electron chi connectivity index (χ3n) is 4.49. The highest BCUT2D eigenvalue weighted by atomic mass is 32.2. The van der Waals surface area contributed by atoms with E-state index < -0.39 is 0 Å². The Bertz CT molecular complexity index is 611. The Hall–Kier alpha value is -1.34. The van der Waals surface area contributed by atoms with Gasteiger partial charge < -0.3 is 9.09 Å². The molecule has 23 heavy (non-hydrogen) atoms. The summed E-state index contributed by atoms with van der Waals surface area (Å²) >= 11 is 1.71. The molecule has 1 aliphatic heterocycles. The number of rotatable bonds is 7. The van der Waals surface area contributed by atoms with Crippen LogP contribution < -0.4 is 0 Å². The van der Waals surface area contributed by atoms with Crippen LogP contribution in [0.1, 0.15) is 43.2 Å². The van der Waals surface area contributed by atoms with Gasteiger partial charge in [-0.2, -0.15) is 16.7 Å². The zero-order valence-corrected chi connectivity index (χ0v) is 14.8. The Kier molecular flexibility index (Phi) is 5.72. The second kappa shape index (κ2) is 7.97. The van der Waals surface area contributed by atoms with E-state index in [0.717, 1.165) is 49.2 Å². The van der Waals surface area contributed by atoms with Crippen LogP contribution in [0.2, 0.25) is 0 Å². The molecule has 1 aliphatic rings. The quantitative estimate of drug-likeness (QED) is 0.775. The highest BCUT2D eigenvalue weighted by Gasteiger charge is 2.24. The fourth-order valence-corrected chi connectivity index (χ4v) is 3.62. The Morgan fingerprint density at radius 2 is 2.30 bits per heavy atom. The molecule has 0 radical (unpaired) electrons. The topological polar surface area (TPSA) is 60.0 Å². The first-order valence-electron chi connectivity index (χ1n) is 8.27. The Morgan fingerprint density at radius 1 is 1.39 bits per heavy atom. The molecule has 0 unspecified atom stereocenters. The summed E-state index contributed by atoms with van der Waals surface area (Å²) in [7, 11) is 2.06. The number of nitrogens with zero attached hydrogens (tertiary/aromatic N) is 5. The number of likely N-dealkylation sites (tertiary alicyclic amines) is 1. The van der Waals surface area contributed by atoms with Crippen molar-refractivity contribution in [3.05, 3.63) is 29.9 Å². The van der Waals surface area contributed by atoms with Crippen LogP contribution in [0.3, 0.4) is 0 Å². The first-order valence-corrected chi connectivity index (χ1v) is 9.66. The van der Waals surface area contributed by atoms with E-state index in [1.165, 1.54) is 19.3 Å². The van der Waals surface area contributed by atoms with Crippen molar-refractivity contribution in [2.75, 3.05) is 12.8 Å². The lowest BCUT2D eigenvalue weighted by molar-refractivity contribution is 0.116. The molecule has 2 aromatic rings.